The quantitative estimate of drug-likeness (QED) is 0.703. The van der Waals surface area contributed by atoms with Crippen molar-refractivity contribution < 1.29 is 0 Å². The van der Waals surface area contributed by atoms with Gasteiger partial charge in [0.2, 0.25) is 0 Å². The van der Waals surface area contributed by atoms with Gasteiger partial charge in [-0.1, -0.05) is 31.5 Å². The summed E-state index contributed by atoms with van der Waals surface area (Å²) in [6.07, 6.45) is 2.59. The number of fused-ring (bicyclic) bond motifs is 1. The van der Waals surface area contributed by atoms with E-state index >= 15 is 0 Å². The number of para-hydroxylation sites is 1. The number of hydrogen-bond acceptors (Lipinski definition) is 1. The molecule has 0 aromatic heterocycles. The smallest absolute Gasteiger partial charge is 0.0376 e. The van der Waals surface area contributed by atoms with Crippen LogP contribution < -0.4 is 5.32 Å². The zero-order chi connectivity index (χ0) is 8.39. The van der Waals surface area contributed by atoms with Crippen molar-refractivity contribution in [3.63, 3.8) is 0 Å². The van der Waals surface area contributed by atoms with Crippen LogP contribution in [0.5, 0.6) is 0 Å². The third kappa shape index (κ3) is 1.20. The van der Waals surface area contributed by atoms with Crippen LogP contribution in [0.2, 0.25) is 0 Å². The number of anilines is 1. The van der Waals surface area contributed by atoms with Gasteiger partial charge in [0, 0.05) is 18.2 Å². The molecule has 0 amide bonds. The molecule has 1 aliphatic rings. The summed E-state index contributed by atoms with van der Waals surface area (Å²) in [7, 11) is 0. The van der Waals surface area contributed by atoms with E-state index in [1.54, 1.807) is 0 Å². The van der Waals surface area contributed by atoms with Gasteiger partial charge >= 0.3 is 0 Å². The summed E-state index contributed by atoms with van der Waals surface area (Å²) >= 11 is 0. The highest BCUT2D eigenvalue weighted by atomic mass is 14.9. The van der Waals surface area contributed by atoms with Gasteiger partial charge in [0.1, 0.15) is 0 Å². The van der Waals surface area contributed by atoms with Crippen LogP contribution in [0.4, 0.5) is 5.69 Å². The van der Waals surface area contributed by atoms with Gasteiger partial charge in [-0.15, -0.1) is 0 Å². The summed E-state index contributed by atoms with van der Waals surface area (Å²) in [6.45, 7) is 3.38. The van der Waals surface area contributed by atoms with Gasteiger partial charge in [-0.25, -0.2) is 0 Å². The maximum Gasteiger partial charge on any atom is 0.0376 e. The van der Waals surface area contributed by atoms with Gasteiger partial charge in [-0.2, -0.15) is 0 Å². The van der Waals surface area contributed by atoms with Gasteiger partial charge in [-0.05, 0) is 18.1 Å². The Morgan fingerprint density at radius 3 is 3.08 bits per heavy atom. The lowest BCUT2D eigenvalue weighted by atomic mass is 9.97. The first-order valence-electron chi connectivity index (χ1n) is 4.74. The monoisotopic (exact) mass is 161 g/mol. The Balaban J connectivity index is 2.24. The molecule has 1 aliphatic heterocycles. The molecule has 0 aliphatic carbocycles. The molecule has 0 saturated heterocycles. The summed E-state index contributed by atoms with van der Waals surface area (Å²) < 4.78 is 0. The van der Waals surface area contributed by atoms with Crippen LogP contribution in [0.25, 0.3) is 0 Å². The van der Waals surface area contributed by atoms with Gasteiger partial charge in [0.25, 0.3) is 0 Å². The number of benzene rings is 1. The molecule has 0 fully saturated rings. The van der Waals surface area contributed by atoms with Crippen LogP contribution in [0.3, 0.4) is 0 Å². The van der Waals surface area contributed by atoms with E-state index in [-0.39, 0.29) is 0 Å². The van der Waals surface area contributed by atoms with Crippen LogP contribution in [0, 0.1) is 0 Å². The van der Waals surface area contributed by atoms with Gasteiger partial charge in [0.15, 0.2) is 0 Å². The molecule has 64 valence electrons. The summed E-state index contributed by atoms with van der Waals surface area (Å²) in [6, 6.07) is 8.65. The summed E-state index contributed by atoms with van der Waals surface area (Å²) in [5, 5.41) is 3.44. The van der Waals surface area contributed by atoms with Crippen molar-refractivity contribution in [2.24, 2.45) is 0 Å². The number of hydrogen-bond donors (Lipinski definition) is 1. The minimum atomic E-state index is 0.756. The van der Waals surface area contributed by atoms with Crippen LogP contribution in [-0.4, -0.2) is 6.54 Å². The van der Waals surface area contributed by atoms with E-state index in [0.717, 1.165) is 12.5 Å². The van der Waals surface area contributed by atoms with Crippen molar-refractivity contribution in [1.82, 2.24) is 0 Å². The molecule has 1 N–H and O–H groups in total. The van der Waals surface area contributed by atoms with Gasteiger partial charge in [-0.3, -0.25) is 0 Å². The largest absolute Gasteiger partial charge is 0.384 e. The number of nitrogens with one attached hydrogen (secondary N) is 1. The van der Waals surface area contributed by atoms with E-state index in [1.165, 1.54) is 24.1 Å². The number of rotatable bonds is 2. The van der Waals surface area contributed by atoms with E-state index < -0.39 is 0 Å². The van der Waals surface area contributed by atoms with Gasteiger partial charge in [0.05, 0.1) is 0 Å². The Morgan fingerprint density at radius 2 is 2.25 bits per heavy atom. The van der Waals surface area contributed by atoms with Crippen LogP contribution in [0.15, 0.2) is 24.3 Å². The standard InChI is InChI=1S/C11H15N/c1-2-5-9-8-12-11-7-4-3-6-10(9)11/h3-4,6-7,9,12H,2,5,8H2,1H3/t9-/m1/s1. The van der Waals surface area contributed by atoms with Crippen LogP contribution in [-0.2, 0) is 0 Å². The Labute approximate surface area is 73.8 Å². The fourth-order valence-corrected chi connectivity index (χ4v) is 1.96. The zero-order valence-electron chi connectivity index (χ0n) is 7.51. The topological polar surface area (TPSA) is 12.0 Å². The molecule has 1 atom stereocenters. The average molecular weight is 161 g/mol. The Kier molecular flexibility index (Phi) is 2.03. The van der Waals surface area contributed by atoms with Crippen molar-refractivity contribution in [2.75, 3.05) is 11.9 Å². The molecule has 1 aromatic rings. The fraction of sp³-hybridized carbons (Fsp3) is 0.455. The molecular formula is C11H15N. The molecule has 12 heavy (non-hydrogen) atoms. The summed E-state index contributed by atoms with van der Waals surface area (Å²) in [5.41, 5.74) is 2.86. The van der Waals surface area contributed by atoms with E-state index in [2.05, 4.69) is 36.5 Å². The van der Waals surface area contributed by atoms with E-state index in [9.17, 15) is 0 Å². The molecule has 0 unspecified atom stereocenters. The molecule has 1 aromatic carbocycles. The highest BCUT2D eigenvalue weighted by molar-refractivity contribution is 5.57. The lowest BCUT2D eigenvalue weighted by Crippen LogP contribution is -2.00. The first-order valence-corrected chi connectivity index (χ1v) is 4.74. The fourth-order valence-electron chi connectivity index (χ4n) is 1.96. The van der Waals surface area contributed by atoms with Crippen LogP contribution in [0.1, 0.15) is 31.2 Å². The minimum Gasteiger partial charge on any atom is -0.384 e. The van der Waals surface area contributed by atoms with Crippen molar-refractivity contribution >= 4 is 5.69 Å². The molecule has 0 spiro atoms. The van der Waals surface area contributed by atoms with Crippen molar-refractivity contribution in [3.8, 4) is 0 Å². The first kappa shape index (κ1) is 7.66. The first-order chi connectivity index (χ1) is 5.92. The molecule has 1 heterocycles. The van der Waals surface area contributed by atoms with E-state index in [0.29, 0.717) is 0 Å². The highest BCUT2D eigenvalue weighted by Gasteiger charge is 2.19. The Hall–Kier alpha value is -0.980. The third-order valence-electron chi connectivity index (χ3n) is 2.58. The molecule has 0 radical (unpaired) electrons. The SMILES string of the molecule is CCC[C@@H]1CNc2ccccc21. The van der Waals surface area contributed by atoms with Gasteiger partial charge < -0.3 is 5.32 Å². The van der Waals surface area contributed by atoms with Crippen molar-refractivity contribution in [2.45, 2.75) is 25.7 Å². The second kappa shape index (κ2) is 3.18. The van der Waals surface area contributed by atoms with Crippen molar-refractivity contribution in [1.29, 1.82) is 0 Å². The Morgan fingerprint density at radius 1 is 1.42 bits per heavy atom. The van der Waals surface area contributed by atoms with Crippen molar-refractivity contribution in [3.05, 3.63) is 29.8 Å². The minimum absolute atomic E-state index is 0.756. The summed E-state index contributed by atoms with van der Waals surface area (Å²) in [4.78, 5) is 0. The second-order valence-electron chi connectivity index (χ2n) is 3.45. The maximum absolute atomic E-state index is 3.44. The van der Waals surface area contributed by atoms with E-state index in [1.807, 2.05) is 0 Å². The lowest BCUT2D eigenvalue weighted by Gasteiger charge is -2.06. The third-order valence-corrected chi connectivity index (χ3v) is 2.58. The summed E-state index contributed by atoms with van der Waals surface area (Å²) in [5.74, 6) is 0.756. The highest BCUT2D eigenvalue weighted by Crippen LogP contribution is 2.33. The second-order valence-corrected chi connectivity index (χ2v) is 3.45. The molecule has 0 bridgehead atoms. The maximum atomic E-state index is 3.44. The molecule has 0 saturated carbocycles. The average Bonchev–Trinajstić information content (AvgIpc) is 2.50. The Bertz CT molecular complexity index is 265. The molecule has 2 rings (SSSR count). The lowest BCUT2D eigenvalue weighted by molar-refractivity contribution is 0.661. The van der Waals surface area contributed by atoms with E-state index in [4.69, 9.17) is 0 Å². The molecule has 1 heteroatoms. The molecule has 1 nitrogen and oxygen atoms in total. The predicted octanol–water partition coefficient (Wildman–Crippen LogP) is 3.00. The zero-order valence-corrected chi connectivity index (χ0v) is 7.51. The predicted molar refractivity (Wildman–Crippen MR) is 52.6 cm³/mol. The molecular weight excluding hydrogens is 146 g/mol. The normalized spacial score (nSPS) is 20.2. The van der Waals surface area contributed by atoms with Crippen LogP contribution >= 0.6 is 0 Å².